The predicted octanol–water partition coefficient (Wildman–Crippen LogP) is 2.58. The summed E-state index contributed by atoms with van der Waals surface area (Å²) >= 11 is 5.68. The Morgan fingerprint density at radius 1 is 1.22 bits per heavy atom. The summed E-state index contributed by atoms with van der Waals surface area (Å²) in [4.78, 5) is 0. The maximum absolute atomic E-state index is 10.1. The van der Waals surface area contributed by atoms with Crippen LogP contribution in [-0.4, -0.2) is 46.7 Å². The summed E-state index contributed by atoms with van der Waals surface area (Å²) in [6, 6.07) is 12.3. The van der Waals surface area contributed by atoms with E-state index in [9.17, 15) is 5.11 Å². The molecule has 0 radical (unpaired) electrons. The van der Waals surface area contributed by atoms with Gasteiger partial charge in [-0.15, -0.1) is 10.2 Å². The summed E-state index contributed by atoms with van der Waals surface area (Å²) in [5, 5.41) is 30.3. The first-order valence-electron chi connectivity index (χ1n) is 8.57. The fraction of sp³-hybridized carbons (Fsp3) is 0.421. The van der Waals surface area contributed by atoms with E-state index in [2.05, 4.69) is 21.6 Å². The van der Waals surface area contributed by atoms with Gasteiger partial charge in [0.2, 0.25) is 5.88 Å². The topological polar surface area (TPSA) is 100 Å². The van der Waals surface area contributed by atoms with Crippen molar-refractivity contribution in [3.63, 3.8) is 0 Å². The lowest BCUT2D eigenvalue weighted by Crippen LogP contribution is -2.45. The van der Waals surface area contributed by atoms with Gasteiger partial charge in [0.15, 0.2) is 5.15 Å². The fourth-order valence-electron chi connectivity index (χ4n) is 2.20. The number of aliphatic hydroxyl groups excluding tert-OH is 1. The van der Waals surface area contributed by atoms with Crippen LogP contribution in [0.25, 0.3) is 0 Å². The van der Waals surface area contributed by atoms with Crippen molar-refractivity contribution >= 4 is 11.6 Å². The molecule has 0 bridgehead atoms. The van der Waals surface area contributed by atoms with Gasteiger partial charge in [0, 0.05) is 18.2 Å². The first kappa shape index (κ1) is 20.9. The molecule has 1 aromatic heterocycles. The Balaban J connectivity index is 1.70. The van der Waals surface area contributed by atoms with E-state index in [-0.39, 0.29) is 12.1 Å². The SMILES string of the molecule is CC(C)(CCOc1ccc(Cl)nn1)NCC(O)COc1ccccc1C#N. The number of ether oxygens (including phenoxy) is 2. The minimum absolute atomic E-state index is 0.0959. The van der Waals surface area contributed by atoms with Crippen LogP contribution < -0.4 is 14.8 Å². The predicted molar refractivity (Wildman–Crippen MR) is 102 cm³/mol. The molecule has 0 aliphatic carbocycles. The third-order valence-corrected chi connectivity index (χ3v) is 4.04. The molecule has 0 saturated heterocycles. The van der Waals surface area contributed by atoms with Crippen LogP contribution in [0.2, 0.25) is 5.15 Å². The lowest BCUT2D eigenvalue weighted by molar-refractivity contribution is 0.0962. The van der Waals surface area contributed by atoms with E-state index in [4.69, 9.17) is 26.3 Å². The summed E-state index contributed by atoms with van der Waals surface area (Å²) in [6.07, 6.45) is -0.0126. The summed E-state index contributed by atoms with van der Waals surface area (Å²) in [6.45, 7) is 4.92. The highest BCUT2D eigenvalue weighted by Crippen LogP contribution is 2.17. The van der Waals surface area contributed by atoms with Crippen molar-refractivity contribution in [3.8, 4) is 17.7 Å². The van der Waals surface area contributed by atoms with Crippen LogP contribution in [-0.2, 0) is 0 Å². The monoisotopic (exact) mass is 390 g/mol. The number of aromatic nitrogens is 2. The van der Waals surface area contributed by atoms with E-state index in [1.54, 1.807) is 36.4 Å². The number of β-amino-alcohol motifs (C(OH)–C–C–N with tert-alkyl or cyclic N) is 1. The molecule has 2 rings (SSSR count). The Hall–Kier alpha value is -2.40. The maximum atomic E-state index is 10.1. The van der Waals surface area contributed by atoms with E-state index in [1.807, 2.05) is 13.8 Å². The minimum Gasteiger partial charge on any atom is -0.489 e. The molecule has 1 aromatic carbocycles. The Labute approximate surface area is 163 Å². The summed E-state index contributed by atoms with van der Waals surface area (Å²) < 4.78 is 11.1. The van der Waals surface area contributed by atoms with Crippen molar-refractivity contribution in [3.05, 3.63) is 47.1 Å². The zero-order valence-corrected chi connectivity index (χ0v) is 16.1. The molecule has 1 atom stereocenters. The summed E-state index contributed by atoms with van der Waals surface area (Å²) in [5.74, 6) is 0.885. The zero-order valence-electron chi connectivity index (χ0n) is 15.4. The van der Waals surface area contributed by atoms with Gasteiger partial charge in [-0.1, -0.05) is 23.7 Å². The lowest BCUT2D eigenvalue weighted by Gasteiger charge is -2.27. The molecule has 0 fully saturated rings. The molecular formula is C19H23ClN4O3. The minimum atomic E-state index is -0.709. The van der Waals surface area contributed by atoms with Crippen molar-refractivity contribution in [2.24, 2.45) is 0 Å². The van der Waals surface area contributed by atoms with E-state index >= 15 is 0 Å². The van der Waals surface area contributed by atoms with Crippen LogP contribution in [0.3, 0.4) is 0 Å². The van der Waals surface area contributed by atoms with Gasteiger partial charge in [-0.3, -0.25) is 0 Å². The summed E-state index contributed by atoms with van der Waals surface area (Å²) in [5.41, 5.74) is 0.186. The van der Waals surface area contributed by atoms with Crippen LogP contribution >= 0.6 is 11.6 Å². The third kappa shape index (κ3) is 7.39. The first-order chi connectivity index (χ1) is 12.9. The number of hydrogen-bond acceptors (Lipinski definition) is 7. The van der Waals surface area contributed by atoms with Gasteiger partial charge >= 0.3 is 0 Å². The molecule has 0 aliphatic rings. The molecule has 0 saturated carbocycles. The largest absolute Gasteiger partial charge is 0.489 e. The second-order valence-electron chi connectivity index (χ2n) is 6.63. The van der Waals surface area contributed by atoms with Gasteiger partial charge in [0.25, 0.3) is 0 Å². The number of benzene rings is 1. The Kier molecular flexibility index (Phi) is 7.80. The zero-order chi connectivity index (χ0) is 19.7. The van der Waals surface area contributed by atoms with E-state index in [0.717, 1.165) is 0 Å². The smallest absolute Gasteiger partial charge is 0.233 e. The molecule has 0 aliphatic heterocycles. The quantitative estimate of drug-likeness (QED) is 0.643. The number of para-hydroxylation sites is 1. The lowest BCUT2D eigenvalue weighted by atomic mass is 10.0. The van der Waals surface area contributed by atoms with Gasteiger partial charge in [0.1, 0.15) is 24.5 Å². The van der Waals surface area contributed by atoms with E-state index < -0.39 is 6.10 Å². The van der Waals surface area contributed by atoms with E-state index in [1.165, 1.54) is 0 Å². The number of rotatable bonds is 10. The molecular weight excluding hydrogens is 368 g/mol. The molecule has 2 aromatic rings. The molecule has 1 heterocycles. The first-order valence-corrected chi connectivity index (χ1v) is 8.94. The molecule has 8 heteroatoms. The highest BCUT2D eigenvalue weighted by molar-refractivity contribution is 6.29. The number of nitrogens with zero attached hydrogens (tertiary/aromatic N) is 3. The molecule has 27 heavy (non-hydrogen) atoms. The molecule has 2 N–H and O–H groups in total. The van der Waals surface area contributed by atoms with Crippen LogP contribution in [0.15, 0.2) is 36.4 Å². The Bertz CT molecular complexity index is 762. The van der Waals surface area contributed by atoms with Crippen molar-refractivity contribution in [1.29, 1.82) is 5.26 Å². The molecule has 0 amide bonds. The number of aliphatic hydroxyl groups is 1. The average Bonchev–Trinajstić information content (AvgIpc) is 2.66. The Morgan fingerprint density at radius 2 is 2.00 bits per heavy atom. The fourth-order valence-corrected chi connectivity index (χ4v) is 2.30. The number of nitriles is 1. The van der Waals surface area contributed by atoms with Gasteiger partial charge in [-0.2, -0.15) is 5.26 Å². The van der Waals surface area contributed by atoms with Crippen molar-refractivity contribution in [1.82, 2.24) is 15.5 Å². The summed E-state index contributed by atoms with van der Waals surface area (Å²) in [7, 11) is 0. The van der Waals surface area contributed by atoms with Gasteiger partial charge < -0.3 is 19.9 Å². The number of hydrogen-bond donors (Lipinski definition) is 2. The number of nitrogens with one attached hydrogen (secondary N) is 1. The highest BCUT2D eigenvalue weighted by atomic mass is 35.5. The highest BCUT2D eigenvalue weighted by Gasteiger charge is 2.19. The van der Waals surface area contributed by atoms with Gasteiger partial charge in [-0.25, -0.2) is 0 Å². The molecule has 7 nitrogen and oxygen atoms in total. The van der Waals surface area contributed by atoms with E-state index in [0.29, 0.717) is 41.9 Å². The van der Waals surface area contributed by atoms with Crippen molar-refractivity contribution in [2.45, 2.75) is 31.9 Å². The van der Waals surface area contributed by atoms with Crippen LogP contribution in [0, 0.1) is 11.3 Å². The van der Waals surface area contributed by atoms with Crippen LogP contribution in [0.1, 0.15) is 25.8 Å². The Morgan fingerprint density at radius 3 is 2.70 bits per heavy atom. The average molecular weight is 391 g/mol. The van der Waals surface area contributed by atoms with Crippen LogP contribution in [0.4, 0.5) is 0 Å². The van der Waals surface area contributed by atoms with Crippen LogP contribution in [0.5, 0.6) is 11.6 Å². The van der Waals surface area contributed by atoms with Crippen molar-refractivity contribution < 1.29 is 14.6 Å². The second kappa shape index (κ2) is 10.1. The molecule has 144 valence electrons. The van der Waals surface area contributed by atoms with Gasteiger partial charge in [0.05, 0.1) is 12.2 Å². The standard InChI is InChI=1S/C19H23ClN4O3/c1-19(2,9-10-26-18-8-7-17(20)23-24-18)22-12-15(25)13-27-16-6-4-3-5-14(16)11-21/h3-8,15,22,25H,9-10,12-13H2,1-2H3. The molecule has 0 spiro atoms. The second-order valence-corrected chi connectivity index (χ2v) is 7.02. The number of halogens is 1. The van der Waals surface area contributed by atoms with Gasteiger partial charge in [-0.05, 0) is 38.5 Å². The van der Waals surface area contributed by atoms with Crippen molar-refractivity contribution in [2.75, 3.05) is 19.8 Å². The maximum Gasteiger partial charge on any atom is 0.233 e. The molecule has 1 unspecified atom stereocenters. The third-order valence-electron chi connectivity index (χ3n) is 3.84. The normalized spacial score (nSPS) is 12.3.